The Morgan fingerprint density at radius 3 is 2.38 bits per heavy atom. The molecule has 0 saturated heterocycles. The summed E-state index contributed by atoms with van der Waals surface area (Å²) in [4.78, 5) is 0. The van der Waals surface area contributed by atoms with Gasteiger partial charge in [-0.2, -0.15) is 0 Å². The smallest absolute Gasteiger partial charge is 0.118 e. The van der Waals surface area contributed by atoms with Crippen LogP contribution in [0.2, 0.25) is 0 Å². The number of nitrogens with one attached hydrogen (secondary N) is 1. The molecule has 0 aliphatic heterocycles. The number of aliphatic hydroxyl groups is 1. The minimum absolute atomic E-state index is 0.325. The predicted octanol–water partition coefficient (Wildman–Crippen LogP) is 2.72. The average Bonchev–Trinajstić information content (AvgIpc) is 2.45. The standard InChI is InChI=1S/C18H25NO2/c1-21-16-4-2-12(3-5-16)11-19-17-14-6-13-7-15(17)10-18(20,8-13)9-14/h2-5,13-15,17,19-20H,6-11H2,1H3/t13?,14?,15?,17-,18-. The summed E-state index contributed by atoms with van der Waals surface area (Å²) < 4.78 is 5.20. The summed E-state index contributed by atoms with van der Waals surface area (Å²) in [6, 6.07) is 8.92. The summed E-state index contributed by atoms with van der Waals surface area (Å²) in [7, 11) is 1.70. The zero-order chi connectivity index (χ0) is 14.4. The van der Waals surface area contributed by atoms with E-state index >= 15 is 0 Å². The van der Waals surface area contributed by atoms with Crippen molar-refractivity contribution < 1.29 is 9.84 Å². The summed E-state index contributed by atoms with van der Waals surface area (Å²) in [5.74, 6) is 3.06. The second-order valence-corrected chi connectivity index (χ2v) is 7.45. The molecule has 0 amide bonds. The molecule has 3 heteroatoms. The third-order valence-corrected chi connectivity index (χ3v) is 5.94. The van der Waals surface area contributed by atoms with Gasteiger partial charge >= 0.3 is 0 Å². The van der Waals surface area contributed by atoms with Crippen molar-refractivity contribution in [2.24, 2.45) is 17.8 Å². The van der Waals surface area contributed by atoms with Crippen LogP contribution in [0.5, 0.6) is 5.75 Å². The first-order chi connectivity index (χ1) is 10.1. The fourth-order valence-corrected chi connectivity index (χ4v) is 5.29. The van der Waals surface area contributed by atoms with Crippen molar-refractivity contribution in [3.63, 3.8) is 0 Å². The van der Waals surface area contributed by atoms with E-state index in [0.29, 0.717) is 17.9 Å². The highest BCUT2D eigenvalue weighted by atomic mass is 16.5. The third-order valence-electron chi connectivity index (χ3n) is 5.94. The van der Waals surface area contributed by atoms with Crippen molar-refractivity contribution in [2.75, 3.05) is 7.11 Å². The maximum absolute atomic E-state index is 10.6. The Hall–Kier alpha value is -1.06. The van der Waals surface area contributed by atoms with Crippen LogP contribution in [0.15, 0.2) is 24.3 Å². The first-order valence-corrected chi connectivity index (χ1v) is 8.24. The minimum Gasteiger partial charge on any atom is -0.497 e. The fourth-order valence-electron chi connectivity index (χ4n) is 5.29. The summed E-state index contributed by atoms with van der Waals surface area (Å²) in [6.07, 6.45) is 5.73. The van der Waals surface area contributed by atoms with Gasteiger partial charge in [0.05, 0.1) is 12.7 Å². The fraction of sp³-hybridized carbons (Fsp3) is 0.667. The van der Waals surface area contributed by atoms with Gasteiger partial charge < -0.3 is 15.2 Å². The molecule has 4 saturated carbocycles. The molecule has 4 aliphatic rings. The second-order valence-electron chi connectivity index (χ2n) is 7.45. The Bertz CT molecular complexity index is 496. The molecular formula is C18H25NO2. The van der Waals surface area contributed by atoms with E-state index in [9.17, 15) is 5.11 Å². The molecule has 0 radical (unpaired) electrons. The van der Waals surface area contributed by atoms with Gasteiger partial charge in [-0.1, -0.05) is 12.1 Å². The van der Waals surface area contributed by atoms with Crippen LogP contribution in [0.3, 0.4) is 0 Å². The molecular weight excluding hydrogens is 262 g/mol. The van der Waals surface area contributed by atoms with Gasteiger partial charge in [0.1, 0.15) is 5.75 Å². The molecule has 2 atom stereocenters. The topological polar surface area (TPSA) is 41.5 Å². The Morgan fingerprint density at radius 1 is 1.14 bits per heavy atom. The van der Waals surface area contributed by atoms with Crippen molar-refractivity contribution >= 4 is 0 Å². The van der Waals surface area contributed by atoms with Gasteiger partial charge in [-0.3, -0.25) is 0 Å². The van der Waals surface area contributed by atoms with Crippen LogP contribution < -0.4 is 10.1 Å². The Kier molecular flexibility index (Phi) is 3.23. The van der Waals surface area contributed by atoms with Gasteiger partial charge in [-0.25, -0.2) is 0 Å². The molecule has 4 bridgehead atoms. The van der Waals surface area contributed by atoms with Crippen LogP contribution in [0, 0.1) is 17.8 Å². The van der Waals surface area contributed by atoms with Gasteiger partial charge in [0, 0.05) is 12.6 Å². The first kappa shape index (κ1) is 13.6. The van der Waals surface area contributed by atoms with E-state index in [2.05, 4.69) is 17.4 Å². The van der Waals surface area contributed by atoms with E-state index < -0.39 is 0 Å². The lowest BCUT2D eigenvalue weighted by Crippen LogP contribution is -2.60. The van der Waals surface area contributed by atoms with Crippen LogP contribution in [0.25, 0.3) is 0 Å². The van der Waals surface area contributed by atoms with Crippen molar-refractivity contribution in [1.82, 2.24) is 5.32 Å². The molecule has 5 rings (SSSR count). The third kappa shape index (κ3) is 2.47. The second kappa shape index (κ2) is 4.99. The molecule has 0 heterocycles. The number of methoxy groups -OCH3 is 1. The molecule has 1 aromatic rings. The van der Waals surface area contributed by atoms with Crippen LogP contribution in [0.1, 0.15) is 37.7 Å². The molecule has 21 heavy (non-hydrogen) atoms. The van der Waals surface area contributed by atoms with Crippen molar-refractivity contribution in [1.29, 1.82) is 0 Å². The molecule has 1 aromatic carbocycles. The maximum atomic E-state index is 10.6. The van der Waals surface area contributed by atoms with E-state index in [1.165, 1.54) is 18.4 Å². The van der Waals surface area contributed by atoms with E-state index in [0.717, 1.165) is 37.5 Å². The molecule has 3 nitrogen and oxygen atoms in total. The molecule has 0 spiro atoms. The van der Waals surface area contributed by atoms with Gasteiger partial charge in [-0.15, -0.1) is 0 Å². The Labute approximate surface area is 126 Å². The molecule has 2 unspecified atom stereocenters. The van der Waals surface area contributed by atoms with Gasteiger partial charge in [0.25, 0.3) is 0 Å². The highest BCUT2D eigenvalue weighted by Gasteiger charge is 2.54. The van der Waals surface area contributed by atoms with E-state index in [1.54, 1.807) is 7.11 Å². The lowest BCUT2D eigenvalue weighted by Gasteiger charge is -2.58. The highest BCUT2D eigenvalue weighted by molar-refractivity contribution is 5.27. The number of benzene rings is 1. The molecule has 4 fully saturated rings. The zero-order valence-electron chi connectivity index (χ0n) is 12.7. The summed E-state index contributed by atoms with van der Waals surface area (Å²) in [6.45, 7) is 0.921. The van der Waals surface area contributed by atoms with Crippen LogP contribution >= 0.6 is 0 Å². The van der Waals surface area contributed by atoms with Crippen LogP contribution in [-0.4, -0.2) is 23.9 Å². The predicted molar refractivity (Wildman–Crippen MR) is 82.1 cm³/mol. The van der Waals surface area contributed by atoms with E-state index in [1.807, 2.05) is 12.1 Å². The lowest BCUT2D eigenvalue weighted by molar-refractivity contribution is -0.138. The number of rotatable bonds is 4. The van der Waals surface area contributed by atoms with Gasteiger partial charge in [0.15, 0.2) is 0 Å². The number of hydrogen-bond donors (Lipinski definition) is 2. The van der Waals surface area contributed by atoms with E-state index in [4.69, 9.17) is 4.74 Å². The summed E-state index contributed by atoms with van der Waals surface area (Å²) in [5, 5.41) is 14.4. The maximum Gasteiger partial charge on any atom is 0.118 e. The van der Waals surface area contributed by atoms with Crippen molar-refractivity contribution in [3.8, 4) is 5.75 Å². The zero-order valence-corrected chi connectivity index (χ0v) is 12.7. The van der Waals surface area contributed by atoms with Crippen molar-refractivity contribution in [2.45, 2.75) is 50.3 Å². The summed E-state index contributed by atoms with van der Waals surface area (Å²) >= 11 is 0. The normalized spacial score (nSPS) is 40.5. The monoisotopic (exact) mass is 287 g/mol. The molecule has 114 valence electrons. The number of ether oxygens (including phenoxy) is 1. The average molecular weight is 287 g/mol. The van der Waals surface area contributed by atoms with Crippen LogP contribution in [0.4, 0.5) is 0 Å². The van der Waals surface area contributed by atoms with Gasteiger partial charge in [-0.05, 0) is 67.6 Å². The van der Waals surface area contributed by atoms with Gasteiger partial charge in [0.2, 0.25) is 0 Å². The summed E-state index contributed by atoms with van der Waals surface area (Å²) in [5.41, 5.74) is 0.984. The SMILES string of the molecule is COc1ccc(CN[C@H]2C3CC4CC2C[C@](O)(C4)C3)cc1. The first-order valence-electron chi connectivity index (χ1n) is 8.24. The Morgan fingerprint density at radius 2 is 1.81 bits per heavy atom. The van der Waals surface area contributed by atoms with E-state index in [-0.39, 0.29) is 5.60 Å². The quantitative estimate of drug-likeness (QED) is 0.894. The largest absolute Gasteiger partial charge is 0.497 e. The Balaban J connectivity index is 1.41. The molecule has 0 aromatic heterocycles. The highest BCUT2D eigenvalue weighted by Crippen LogP contribution is 2.55. The lowest BCUT2D eigenvalue weighted by atomic mass is 9.52. The molecule has 4 aliphatic carbocycles. The van der Waals surface area contributed by atoms with Crippen molar-refractivity contribution in [3.05, 3.63) is 29.8 Å². The minimum atomic E-state index is -0.325. The number of hydrogen-bond acceptors (Lipinski definition) is 3. The molecule has 2 N–H and O–H groups in total. The van der Waals surface area contributed by atoms with Crippen LogP contribution in [-0.2, 0) is 6.54 Å².